The third-order valence-corrected chi connectivity index (χ3v) is 3.51. The summed E-state index contributed by atoms with van der Waals surface area (Å²) in [6.45, 7) is 8.20. The molecule has 0 aliphatic rings. The van der Waals surface area contributed by atoms with E-state index in [1.54, 1.807) is 0 Å². The van der Waals surface area contributed by atoms with E-state index in [2.05, 4.69) is 44.7 Å². The lowest BCUT2D eigenvalue weighted by Crippen LogP contribution is -2.10. The first-order valence-corrected chi connectivity index (χ1v) is 7.73. The van der Waals surface area contributed by atoms with Crippen molar-refractivity contribution in [3.8, 4) is 16.9 Å². The van der Waals surface area contributed by atoms with E-state index in [1.807, 2.05) is 24.3 Å². The number of ether oxygens (including phenoxy) is 2. The Labute approximate surface area is 137 Å². The summed E-state index contributed by atoms with van der Waals surface area (Å²) in [4.78, 5) is 11.0. The van der Waals surface area contributed by atoms with Crippen molar-refractivity contribution in [3.63, 3.8) is 0 Å². The first kappa shape index (κ1) is 16.8. The topological polar surface area (TPSA) is 35.5 Å². The smallest absolute Gasteiger partial charge is 0.330 e. The predicted molar refractivity (Wildman–Crippen MR) is 92.6 cm³/mol. The maximum atomic E-state index is 11.0. The van der Waals surface area contributed by atoms with Crippen LogP contribution in [0.4, 0.5) is 0 Å². The quantitative estimate of drug-likeness (QED) is 0.426. The largest absolute Gasteiger partial charge is 0.489 e. The van der Waals surface area contributed by atoms with Crippen LogP contribution in [0, 0.1) is 0 Å². The van der Waals surface area contributed by atoms with Gasteiger partial charge in [-0.15, -0.1) is 0 Å². The molecule has 0 aliphatic heterocycles. The van der Waals surface area contributed by atoms with Gasteiger partial charge in [-0.1, -0.05) is 56.8 Å². The Morgan fingerprint density at radius 2 is 1.87 bits per heavy atom. The molecule has 23 heavy (non-hydrogen) atoms. The van der Waals surface area contributed by atoms with Gasteiger partial charge in [0.1, 0.15) is 19.0 Å². The van der Waals surface area contributed by atoms with E-state index in [1.165, 1.54) is 5.56 Å². The molecule has 0 atom stereocenters. The van der Waals surface area contributed by atoms with Gasteiger partial charge < -0.3 is 9.47 Å². The molecule has 2 aromatic carbocycles. The van der Waals surface area contributed by atoms with Crippen molar-refractivity contribution >= 4 is 5.97 Å². The maximum absolute atomic E-state index is 11.0. The van der Waals surface area contributed by atoms with Crippen LogP contribution in [0.15, 0.2) is 61.2 Å². The van der Waals surface area contributed by atoms with Crippen molar-refractivity contribution in [1.82, 2.24) is 0 Å². The zero-order valence-corrected chi connectivity index (χ0v) is 13.6. The van der Waals surface area contributed by atoms with E-state index >= 15 is 0 Å². The van der Waals surface area contributed by atoms with Crippen LogP contribution in [0.5, 0.6) is 5.75 Å². The highest BCUT2D eigenvalue weighted by Crippen LogP contribution is 2.33. The van der Waals surface area contributed by atoms with Crippen LogP contribution in [-0.4, -0.2) is 19.2 Å². The zero-order chi connectivity index (χ0) is 16.7. The van der Waals surface area contributed by atoms with Crippen molar-refractivity contribution in [1.29, 1.82) is 0 Å². The molecule has 2 aromatic rings. The minimum absolute atomic E-state index is 0.199. The zero-order valence-electron chi connectivity index (χ0n) is 13.6. The Kier molecular flexibility index (Phi) is 5.98. The molecule has 0 saturated heterocycles. The van der Waals surface area contributed by atoms with E-state index in [9.17, 15) is 4.79 Å². The molecule has 0 aromatic heterocycles. The molecule has 3 nitrogen and oxygen atoms in total. The molecule has 0 heterocycles. The second-order valence-electron chi connectivity index (χ2n) is 5.50. The van der Waals surface area contributed by atoms with Crippen molar-refractivity contribution in [2.45, 2.75) is 19.8 Å². The molecular formula is C20H22O3. The van der Waals surface area contributed by atoms with Gasteiger partial charge in [-0.05, 0) is 29.2 Å². The number of rotatable bonds is 7. The second-order valence-corrected chi connectivity index (χ2v) is 5.50. The molecule has 0 aliphatic carbocycles. The van der Waals surface area contributed by atoms with Crippen molar-refractivity contribution < 1.29 is 14.3 Å². The summed E-state index contributed by atoms with van der Waals surface area (Å²) in [5.41, 5.74) is 3.41. The highest BCUT2D eigenvalue weighted by atomic mass is 16.6. The molecule has 0 N–H and O–H groups in total. The Morgan fingerprint density at radius 3 is 2.52 bits per heavy atom. The van der Waals surface area contributed by atoms with Gasteiger partial charge in [0.25, 0.3) is 0 Å². The molecule has 0 spiro atoms. The van der Waals surface area contributed by atoms with Crippen LogP contribution in [0.3, 0.4) is 0 Å². The molecule has 0 saturated carbocycles. The average Bonchev–Trinajstić information content (AvgIpc) is 2.59. The van der Waals surface area contributed by atoms with Gasteiger partial charge in [-0.3, -0.25) is 0 Å². The summed E-state index contributed by atoms with van der Waals surface area (Å²) in [5.74, 6) is 0.794. The van der Waals surface area contributed by atoms with Crippen molar-refractivity contribution in [3.05, 3.63) is 66.7 Å². The van der Waals surface area contributed by atoms with Gasteiger partial charge in [0.2, 0.25) is 0 Å². The van der Waals surface area contributed by atoms with Crippen LogP contribution in [0.1, 0.15) is 25.3 Å². The molecule has 0 fully saturated rings. The predicted octanol–water partition coefficient (Wildman–Crippen LogP) is 4.59. The highest BCUT2D eigenvalue weighted by Gasteiger charge is 2.10. The minimum atomic E-state index is -0.438. The van der Waals surface area contributed by atoms with Crippen LogP contribution in [0.25, 0.3) is 11.1 Å². The van der Waals surface area contributed by atoms with Crippen LogP contribution in [-0.2, 0) is 9.53 Å². The molecule has 0 bridgehead atoms. The van der Waals surface area contributed by atoms with E-state index < -0.39 is 5.97 Å². The monoisotopic (exact) mass is 310 g/mol. The maximum Gasteiger partial charge on any atom is 0.330 e. The first-order chi connectivity index (χ1) is 11.1. The lowest BCUT2D eigenvalue weighted by Gasteiger charge is -2.15. The number of hydrogen-bond acceptors (Lipinski definition) is 3. The van der Waals surface area contributed by atoms with Gasteiger partial charge in [0, 0.05) is 11.6 Å². The molecule has 0 amide bonds. The van der Waals surface area contributed by atoms with Crippen molar-refractivity contribution in [2.24, 2.45) is 0 Å². The summed E-state index contributed by atoms with van der Waals surface area (Å²) < 4.78 is 10.7. The fraction of sp³-hybridized carbons (Fsp3) is 0.250. The molecule has 0 radical (unpaired) electrons. The molecule has 120 valence electrons. The molecule has 2 rings (SSSR count). The Balaban J connectivity index is 2.18. The summed E-state index contributed by atoms with van der Waals surface area (Å²) in [6, 6.07) is 16.3. The number of esters is 1. The number of benzene rings is 2. The van der Waals surface area contributed by atoms with Gasteiger partial charge in [-0.2, -0.15) is 0 Å². The van der Waals surface area contributed by atoms with Gasteiger partial charge in [0.15, 0.2) is 0 Å². The normalized spacial score (nSPS) is 10.4. The van der Waals surface area contributed by atoms with Crippen LogP contribution < -0.4 is 4.74 Å². The summed E-state index contributed by atoms with van der Waals surface area (Å²) in [7, 11) is 0. The molecular weight excluding hydrogens is 288 g/mol. The van der Waals surface area contributed by atoms with Crippen LogP contribution >= 0.6 is 0 Å². The summed E-state index contributed by atoms with van der Waals surface area (Å²) in [5, 5.41) is 0. The van der Waals surface area contributed by atoms with E-state index in [-0.39, 0.29) is 6.61 Å². The number of carbonyl (C=O) groups excluding carboxylic acids is 1. The average molecular weight is 310 g/mol. The SMILES string of the molecule is C=CC(=O)OCCOc1ccc(C(C)C)cc1-c1ccccc1. The summed E-state index contributed by atoms with van der Waals surface area (Å²) >= 11 is 0. The number of hydrogen-bond donors (Lipinski definition) is 0. The lowest BCUT2D eigenvalue weighted by molar-refractivity contribution is -0.138. The fourth-order valence-electron chi connectivity index (χ4n) is 2.23. The standard InChI is InChI=1S/C20H22O3/c1-4-20(21)23-13-12-22-19-11-10-17(15(2)3)14-18(19)16-8-6-5-7-9-16/h4-11,14-15H,1,12-13H2,2-3H3. The Bertz CT molecular complexity index is 660. The van der Waals surface area contributed by atoms with Crippen molar-refractivity contribution in [2.75, 3.05) is 13.2 Å². The highest BCUT2D eigenvalue weighted by molar-refractivity contribution is 5.81. The molecule has 3 heteroatoms. The van der Waals surface area contributed by atoms with E-state index in [0.717, 1.165) is 23.0 Å². The van der Waals surface area contributed by atoms with E-state index in [0.29, 0.717) is 12.5 Å². The van der Waals surface area contributed by atoms with Gasteiger partial charge >= 0.3 is 5.97 Å². The second kappa shape index (κ2) is 8.18. The Hall–Kier alpha value is -2.55. The lowest BCUT2D eigenvalue weighted by atomic mass is 9.96. The third-order valence-electron chi connectivity index (χ3n) is 3.51. The summed E-state index contributed by atoms with van der Waals surface area (Å²) in [6.07, 6.45) is 1.15. The number of carbonyl (C=O) groups is 1. The van der Waals surface area contributed by atoms with Gasteiger partial charge in [-0.25, -0.2) is 4.79 Å². The minimum Gasteiger partial charge on any atom is -0.489 e. The first-order valence-electron chi connectivity index (χ1n) is 7.73. The van der Waals surface area contributed by atoms with E-state index in [4.69, 9.17) is 9.47 Å². The fourth-order valence-corrected chi connectivity index (χ4v) is 2.23. The molecule has 0 unspecified atom stereocenters. The third kappa shape index (κ3) is 4.71. The van der Waals surface area contributed by atoms with Crippen LogP contribution in [0.2, 0.25) is 0 Å². The Morgan fingerprint density at radius 1 is 1.13 bits per heavy atom. The van der Waals surface area contributed by atoms with Gasteiger partial charge in [0.05, 0.1) is 0 Å².